The number of hydrogen-bond acceptors (Lipinski definition) is 4. The van der Waals surface area contributed by atoms with E-state index >= 15 is 0 Å². The van der Waals surface area contributed by atoms with E-state index in [-0.39, 0.29) is 0 Å². The molecule has 5 nitrogen and oxygen atoms in total. The molecule has 0 fully saturated rings. The van der Waals surface area contributed by atoms with Gasteiger partial charge in [0.1, 0.15) is 5.69 Å². The molecule has 0 aliphatic rings. The van der Waals surface area contributed by atoms with Gasteiger partial charge in [0.2, 0.25) is 0 Å². The van der Waals surface area contributed by atoms with Crippen molar-refractivity contribution in [1.29, 1.82) is 0 Å². The SMILES string of the molecule is Cc1n[nH]c(=O)nc1Nc1ccc(Br)cc1. The first kappa shape index (κ1) is 10.8. The van der Waals surface area contributed by atoms with E-state index in [9.17, 15) is 4.79 Å². The van der Waals surface area contributed by atoms with Gasteiger partial charge in [0.15, 0.2) is 5.82 Å². The van der Waals surface area contributed by atoms with E-state index in [1.54, 1.807) is 6.92 Å². The van der Waals surface area contributed by atoms with E-state index in [0.29, 0.717) is 11.5 Å². The molecule has 6 heteroatoms. The van der Waals surface area contributed by atoms with Crippen molar-refractivity contribution in [3.05, 3.63) is 44.9 Å². The largest absolute Gasteiger partial charge is 0.363 e. The average molecular weight is 281 g/mol. The molecule has 0 amide bonds. The number of nitrogens with one attached hydrogen (secondary N) is 2. The van der Waals surface area contributed by atoms with E-state index in [1.807, 2.05) is 24.3 Å². The summed E-state index contributed by atoms with van der Waals surface area (Å²) in [6, 6.07) is 7.56. The molecule has 2 N–H and O–H groups in total. The van der Waals surface area contributed by atoms with Crippen LogP contribution in [0.4, 0.5) is 11.5 Å². The minimum Gasteiger partial charge on any atom is -0.338 e. The predicted octanol–water partition coefficient (Wildman–Crippen LogP) is 1.98. The van der Waals surface area contributed by atoms with Crippen molar-refractivity contribution in [2.45, 2.75) is 6.92 Å². The smallest absolute Gasteiger partial charge is 0.338 e. The summed E-state index contributed by atoms with van der Waals surface area (Å²) in [5, 5.41) is 9.12. The lowest BCUT2D eigenvalue weighted by molar-refractivity contribution is 0.885. The minimum absolute atomic E-state index is 0.464. The summed E-state index contributed by atoms with van der Waals surface area (Å²) in [5.74, 6) is 0.464. The third-order valence-corrected chi connectivity index (χ3v) is 2.51. The number of H-pyrrole nitrogens is 1. The molecular weight excluding hydrogens is 272 g/mol. The average Bonchev–Trinajstić information content (AvgIpc) is 2.27. The van der Waals surface area contributed by atoms with Crippen molar-refractivity contribution in [2.75, 3.05) is 5.32 Å². The number of benzene rings is 1. The molecule has 0 bridgehead atoms. The van der Waals surface area contributed by atoms with Crippen molar-refractivity contribution in [3.8, 4) is 0 Å². The lowest BCUT2D eigenvalue weighted by atomic mass is 10.3. The molecule has 0 spiro atoms. The van der Waals surface area contributed by atoms with Crippen molar-refractivity contribution in [1.82, 2.24) is 15.2 Å². The fourth-order valence-corrected chi connectivity index (χ4v) is 1.44. The van der Waals surface area contributed by atoms with E-state index < -0.39 is 5.69 Å². The fraction of sp³-hybridized carbons (Fsp3) is 0.100. The molecule has 0 atom stereocenters. The summed E-state index contributed by atoms with van der Waals surface area (Å²) in [5.41, 5.74) is 1.03. The van der Waals surface area contributed by atoms with Crippen molar-refractivity contribution >= 4 is 27.4 Å². The quantitative estimate of drug-likeness (QED) is 0.883. The van der Waals surface area contributed by atoms with E-state index in [2.05, 4.69) is 36.4 Å². The van der Waals surface area contributed by atoms with Gasteiger partial charge in [-0.15, -0.1) is 0 Å². The second-order valence-corrected chi connectivity index (χ2v) is 4.12. The second-order valence-electron chi connectivity index (χ2n) is 3.21. The third kappa shape index (κ3) is 2.46. The number of hydrogen-bond donors (Lipinski definition) is 2. The molecule has 16 heavy (non-hydrogen) atoms. The molecule has 82 valence electrons. The van der Waals surface area contributed by atoms with Crippen LogP contribution in [0.25, 0.3) is 0 Å². The number of anilines is 2. The Morgan fingerprint density at radius 3 is 2.69 bits per heavy atom. The summed E-state index contributed by atoms with van der Waals surface area (Å²) in [6.45, 7) is 1.77. The Bertz CT molecular complexity index is 549. The van der Waals surface area contributed by atoms with Crippen LogP contribution in [0.3, 0.4) is 0 Å². The zero-order chi connectivity index (χ0) is 11.5. The minimum atomic E-state index is -0.467. The maximum atomic E-state index is 11.0. The van der Waals surface area contributed by atoms with Gasteiger partial charge in [0, 0.05) is 10.2 Å². The Morgan fingerprint density at radius 2 is 2.00 bits per heavy atom. The van der Waals surface area contributed by atoms with Crippen LogP contribution in [-0.4, -0.2) is 15.2 Å². The van der Waals surface area contributed by atoms with E-state index in [1.165, 1.54) is 0 Å². The van der Waals surface area contributed by atoms with Gasteiger partial charge in [0.25, 0.3) is 0 Å². The molecular formula is C10H9BrN4O. The maximum absolute atomic E-state index is 11.0. The predicted molar refractivity (Wildman–Crippen MR) is 64.8 cm³/mol. The van der Waals surface area contributed by atoms with Crippen LogP contribution in [0.15, 0.2) is 33.5 Å². The number of aryl methyl sites for hydroxylation is 1. The maximum Gasteiger partial charge on any atom is 0.363 e. The first-order valence-electron chi connectivity index (χ1n) is 4.61. The van der Waals surface area contributed by atoms with E-state index in [0.717, 1.165) is 10.2 Å². The molecule has 2 rings (SSSR count). The summed E-state index contributed by atoms with van der Waals surface area (Å²) in [7, 11) is 0. The number of aromatic amines is 1. The molecule has 0 saturated carbocycles. The van der Waals surface area contributed by atoms with Gasteiger partial charge in [-0.05, 0) is 31.2 Å². The molecule has 2 aromatic rings. The summed E-state index contributed by atoms with van der Waals surface area (Å²) in [6.07, 6.45) is 0. The molecule has 0 saturated heterocycles. The van der Waals surface area contributed by atoms with Gasteiger partial charge in [-0.1, -0.05) is 15.9 Å². The van der Waals surface area contributed by atoms with Gasteiger partial charge < -0.3 is 5.32 Å². The van der Waals surface area contributed by atoms with Crippen molar-refractivity contribution < 1.29 is 0 Å². The lowest BCUT2D eigenvalue weighted by Gasteiger charge is -2.06. The zero-order valence-corrected chi connectivity index (χ0v) is 10.1. The molecule has 0 aliphatic carbocycles. The monoisotopic (exact) mass is 280 g/mol. The summed E-state index contributed by atoms with van der Waals surface area (Å²) >= 11 is 3.35. The third-order valence-electron chi connectivity index (χ3n) is 1.98. The fourth-order valence-electron chi connectivity index (χ4n) is 1.18. The zero-order valence-electron chi connectivity index (χ0n) is 8.49. The Kier molecular flexibility index (Phi) is 3.00. The van der Waals surface area contributed by atoms with Gasteiger partial charge >= 0.3 is 5.69 Å². The van der Waals surface area contributed by atoms with Crippen molar-refractivity contribution in [3.63, 3.8) is 0 Å². The highest BCUT2D eigenvalue weighted by atomic mass is 79.9. The number of nitrogens with zero attached hydrogens (tertiary/aromatic N) is 2. The van der Waals surface area contributed by atoms with Gasteiger partial charge in [-0.2, -0.15) is 10.1 Å². The molecule has 1 aromatic carbocycles. The van der Waals surface area contributed by atoms with Crippen LogP contribution >= 0.6 is 15.9 Å². The number of rotatable bonds is 2. The van der Waals surface area contributed by atoms with Gasteiger partial charge in [-0.25, -0.2) is 9.89 Å². The Morgan fingerprint density at radius 1 is 1.31 bits per heavy atom. The highest BCUT2D eigenvalue weighted by molar-refractivity contribution is 9.10. The Labute approximate surface area is 100 Å². The van der Waals surface area contributed by atoms with E-state index in [4.69, 9.17) is 0 Å². The van der Waals surface area contributed by atoms with Crippen LogP contribution < -0.4 is 11.0 Å². The van der Waals surface area contributed by atoms with Crippen LogP contribution in [0.5, 0.6) is 0 Å². The van der Waals surface area contributed by atoms with Crippen LogP contribution in [0.1, 0.15) is 5.69 Å². The highest BCUT2D eigenvalue weighted by Gasteiger charge is 2.02. The molecule has 0 unspecified atom stereocenters. The summed E-state index contributed by atoms with van der Waals surface area (Å²) < 4.78 is 0.992. The second kappa shape index (κ2) is 4.44. The first-order valence-corrected chi connectivity index (χ1v) is 5.40. The Balaban J connectivity index is 2.30. The summed E-state index contributed by atoms with van der Waals surface area (Å²) in [4.78, 5) is 14.8. The topological polar surface area (TPSA) is 70.7 Å². The van der Waals surface area contributed by atoms with Gasteiger partial charge in [0.05, 0.1) is 0 Å². The first-order chi connectivity index (χ1) is 7.65. The molecule has 0 radical (unpaired) electrons. The molecule has 1 heterocycles. The van der Waals surface area contributed by atoms with Crippen molar-refractivity contribution in [2.24, 2.45) is 0 Å². The molecule has 0 aliphatic heterocycles. The highest BCUT2D eigenvalue weighted by Crippen LogP contribution is 2.18. The van der Waals surface area contributed by atoms with Gasteiger partial charge in [-0.3, -0.25) is 0 Å². The van der Waals surface area contributed by atoms with Crippen LogP contribution in [-0.2, 0) is 0 Å². The number of aromatic nitrogens is 3. The normalized spacial score (nSPS) is 10.1. The standard InChI is InChI=1S/C10H9BrN4O/c1-6-9(13-10(16)15-14-6)12-8-4-2-7(11)3-5-8/h2-5H,1H3,(H2,12,13,15,16). The molecule has 1 aromatic heterocycles. The number of halogens is 1. The lowest BCUT2D eigenvalue weighted by Crippen LogP contribution is -2.15. The van der Waals surface area contributed by atoms with Crippen LogP contribution in [0.2, 0.25) is 0 Å². The van der Waals surface area contributed by atoms with Crippen LogP contribution in [0, 0.1) is 6.92 Å². The Hall–Kier alpha value is -1.69.